The fraction of sp³-hybridized carbons (Fsp3) is 0.409. The fourth-order valence-electron chi connectivity index (χ4n) is 4.05. The summed E-state index contributed by atoms with van der Waals surface area (Å²) in [6, 6.07) is 14.9. The van der Waals surface area contributed by atoms with Gasteiger partial charge in [0.1, 0.15) is 0 Å². The average molecular weight is 415 g/mol. The van der Waals surface area contributed by atoms with E-state index in [1.165, 1.54) is 9.87 Å². The van der Waals surface area contributed by atoms with Gasteiger partial charge in [-0.25, -0.2) is 8.42 Å². The van der Waals surface area contributed by atoms with Gasteiger partial charge in [0.2, 0.25) is 15.9 Å². The van der Waals surface area contributed by atoms with Crippen molar-refractivity contribution in [3.8, 4) is 0 Å². The molecule has 29 heavy (non-hydrogen) atoms. The minimum Gasteiger partial charge on any atom is -0.379 e. The van der Waals surface area contributed by atoms with E-state index >= 15 is 0 Å². The van der Waals surface area contributed by atoms with Crippen molar-refractivity contribution in [2.75, 3.05) is 26.3 Å². The molecule has 1 atom stereocenters. The molecule has 1 aliphatic carbocycles. The molecule has 0 bridgehead atoms. The monoisotopic (exact) mass is 414 g/mol. The summed E-state index contributed by atoms with van der Waals surface area (Å²) in [7, 11) is -3.49. The van der Waals surface area contributed by atoms with Crippen LogP contribution in [0, 0.1) is 0 Å². The number of morpholine rings is 1. The van der Waals surface area contributed by atoms with Gasteiger partial charge in [0.25, 0.3) is 0 Å². The van der Waals surface area contributed by atoms with Crippen molar-refractivity contribution >= 4 is 15.9 Å². The number of hydrogen-bond acceptors (Lipinski definition) is 4. The number of amides is 1. The predicted octanol–water partition coefficient (Wildman–Crippen LogP) is 2.44. The van der Waals surface area contributed by atoms with E-state index in [2.05, 4.69) is 11.4 Å². The molecule has 4 rings (SSSR count). The molecule has 1 saturated heterocycles. The van der Waals surface area contributed by atoms with Gasteiger partial charge in [0, 0.05) is 19.6 Å². The van der Waals surface area contributed by atoms with Gasteiger partial charge in [0.05, 0.1) is 24.0 Å². The normalized spacial score (nSPS) is 20.1. The lowest BCUT2D eigenvalue weighted by molar-refractivity contribution is -0.123. The van der Waals surface area contributed by atoms with E-state index in [0.29, 0.717) is 32.8 Å². The molecular weight excluding hydrogens is 388 g/mol. The van der Waals surface area contributed by atoms with Crippen LogP contribution in [0.2, 0.25) is 0 Å². The summed E-state index contributed by atoms with van der Waals surface area (Å²) in [4.78, 5) is 13.0. The van der Waals surface area contributed by atoms with Gasteiger partial charge in [-0.05, 0) is 48.1 Å². The summed E-state index contributed by atoms with van der Waals surface area (Å²) in [6.45, 7) is 1.99. The van der Waals surface area contributed by atoms with Crippen LogP contribution in [-0.4, -0.2) is 44.9 Å². The lowest BCUT2D eigenvalue weighted by atomic mass is 9.82. The van der Waals surface area contributed by atoms with Crippen molar-refractivity contribution in [2.24, 2.45) is 0 Å². The van der Waals surface area contributed by atoms with Crippen molar-refractivity contribution < 1.29 is 17.9 Å². The molecule has 2 aromatic rings. The number of sulfonamides is 1. The lowest BCUT2D eigenvalue weighted by Crippen LogP contribution is -2.40. The molecule has 1 N–H and O–H groups in total. The highest BCUT2D eigenvalue weighted by atomic mass is 32.2. The summed E-state index contributed by atoms with van der Waals surface area (Å²) < 4.78 is 32.1. The summed E-state index contributed by atoms with van der Waals surface area (Å²) in [5.74, 6) is -0.0805. The molecule has 1 fully saturated rings. The molecule has 0 spiro atoms. The molecule has 154 valence electrons. The zero-order valence-corrected chi connectivity index (χ0v) is 17.2. The first-order chi connectivity index (χ1) is 14.1. The zero-order valence-electron chi connectivity index (χ0n) is 16.3. The van der Waals surface area contributed by atoms with Gasteiger partial charge in [-0.1, -0.05) is 36.4 Å². The molecule has 6 nitrogen and oxygen atoms in total. The second-order valence-electron chi connectivity index (χ2n) is 7.52. The first-order valence-corrected chi connectivity index (χ1v) is 11.5. The van der Waals surface area contributed by atoms with Crippen LogP contribution in [0.25, 0.3) is 0 Å². The van der Waals surface area contributed by atoms with E-state index in [9.17, 15) is 13.2 Å². The minimum atomic E-state index is -3.49. The largest absolute Gasteiger partial charge is 0.379 e. The predicted molar refractivity (Wildman–Crippen MR) is 110 cm³/mol. The molecule has 1 heterocycles. The molecule has 0 saturated carbocycles. The van der Waals surface area contributed by atoms with Crippen molar-refractivity contribution in [1.29, 1.82) is 0 Å². The first kappa shape index (κ1) is 20.1. The number of fused-ring (bicyclic) bond motifs is 1. The van der Waals surface area contributed by atoms with Gasteiger partial charge in [-0.15, -0.1) is 0 Å². The minimum absolute atomic E-state index is 0.0298. The molecule has 2 aromatic carbocycles. The standard InChI is InChI=1S/C22H26N2O4S/c25-22(21-7-3-5-18-4-1-2-6-20(18)21)23-16-17-8-10-19(11-9-17)29(26,27)24-12-14-28-15-13-24/h1-2,4,6,8-11,21H,3,5,7,12-16H2,(H,23,25). The number of hydrogen-bond donors (Lipinski definition) is 1. The van der Waals surface area contributed by atoms with E-state index in [1.54, 1.807) is 24.3 Å². The highest BCUT2D eigenvalue weighted by molar-refractivity contribution is 7.89. The van der Waals surface area contributed by atoms with E-state index < -0.39 is 10.0 Å². The summed E-state index contributed by atoms with van der Waals surface area (Å²) in [6.07, 6.45) is 2.90. The van der Waals surface area contributed by atoms with Gasteiger partial charge in [0.15, 0.2) is 0 Å². The SMILES string of the molecule is O=C(NCc1ccc(S(=O)(=O)N2CCOCC2)cc1)C1CCCc2ccccc21. The van der Waals surface area contributed by atoms with Crippen molar-refractivity contribution in [2.45, 2.75) is 36.6 Å². The second-order valence-corrected chi connectivity index (χ2v) is 9.46. The topological polar surface area (TPSA) is 75.7 Å². The van der Waals surface area contributed by atoms with Gasteiger partial charge < -0.3 is 10.1 Å². The maximum absolute atomic E-state index is 12.7. The number of carbonyl (C=O) groups excluding carboxylic acids is 1. The zero-order chi connectivity index (χ0) is 20.3. The maximum Gasteiger partial charge on any atom is 0.243 e. The molecule has 1 aliphatic heterocycles. The third-order valence-corrected chi connectivity index (χ3v) is 7.60. The second kappa shape index (κ2) is 8.65. The van der Waals surface area contributed by atoms with Crippen LogP contribution in [0.4, 0.5) is 0 Å². The Bertz CT molecular complexity index is 967. The molecule has 1 unspecified atom stereocenters. The Kier molecular flexibility index (Phi) is 5.99. The third kappa shape index (κ3) is 4.37. The Hall–Kier alpha value is -2.22. The highest BCUT2D eigenvalue weighted by Crippen LogP contribution is 2.31. The lowest BCUT2D eigenvalue weighted by Gasteiger charge is -2.26. The van der Waals surface area contributed by atoms with Crippen LogP contribution in [0.1, 0.15) is 35.4 Å². The highest BCUT2D eigenvalue weighted by Gasteiger charge is 2.27. The molecule has 0 radical (unpaired) electrons. The van der Waals surface area contributed by atoms with E-state index in [0.717, 1.165) is 30.4 Å². The number of benzene rings is 2. The number of aryl methyl sites for hydroxylation is 1. The van der Waals surface area contributed by atoms with Gasteiger partial charge in [-0.2, -0.15) is 4.31 Å². The van der Waals surface area contributed by atoms with Crippen LogP contribution in [0.3, 0.4) is 0 Å². The van der Waals surface area contributed by atoms with Gasteiger partial charge in [-0.3, -0.25) is 4.79 Å². The Morgan fingerprint density at radius 2 is 1.79 bits per heavy atom. The number of ether oxygens (including phenoxy) is 1. The number of nitrogens with zero attached hydrogens (tertiary/aromatic N) is 1. The third-order valence-electron chi connectivity index (χ3n) is 5.68. The molecule has 0 aromatic heterocycles. The van der Waals surface area contributed by atoms with Crippen molar-refractivity contribution in [1.82, 2.24) is 9.62 Å². The van der Waals surface area contributed by atoms with Gasteiger partial charge >= 0.3 is 0 Å². The fourth-order valence-corrected chi connectivity index (χ4v) is 5.46. The molecular formula is C22H26N2O4S. The quantitative estimate of drug-likeness (QED) is 0.815. The smallest absolute Gasteiger partial charge is 0.243 e. The molecule has 1 amide bonds. The Labute approximate surface area is 171 Å². The molecule has 7 heteroatoms. The van der Waals surface area contributed by atoms with Crippen LogP contribution in [-0.2, 0) is 32.5 Å². The number of nitrogens with one attached hydrogen (secondary N) is 1. The summed E-state index contributed by atoms with van der Waals surface area (Å²) in [5, 5.41) is 3.02. The van der Waals surface area contributed by atoms with Crippen LogP contribution in [0.5, 0.6) is 0 Å². The van der Waals surface area contributed by atoms with Crippen LogP contribution in [0.15, 0.2) is 53.4 Å². The van der Waals surface area contributed by atoms with E-state index in [1.807, 2.05) is 18.2 Å². The Morgan fingerprint density at radius 1 is 1.07 bits per heavy atom. The van der Waals surface area contributed by atoms with E-state index in [-0.39, 0.29) is 16.7 Å². The summed E-state index contributed by atoms with van der Waals surface area (Å²) >= 11 is 0. The number of carbonyl (C=O) groups is 1. The van der Waals surface area contributed by atoms with Crippen molar-refractivity contribution in [3.05, 3.63) is 65.2 Å². The average Bonchev–Trinajstić information content (AvgIpc) is 2.78. The summed E-state index contributed by atoms with van der Waals surface area (Å²) in [5.41, 5.74) is 3.27. The Balaban J connectivity index is 1.39. The maximum atomic E-state index is 12.7. The molecule has 2 aliphatic rings. The van der Waals surface area contributed by atoms with Crippen LogP contribution >= 0.6 is 0 Å². The number of rotatable bonds is 5. The van der Waals surface area contributed by atoms with Crippen LogP contribution < -0.4 is 5.32 Å². The van der Waals surface area contributed by atoms with Crippen molar-refractivity contribution in [3.63, 3.8) is 0 Å². The Morgan fingerprint density at radius 3 is 2.55 bits per heavy atom. The first-order valence-electron chi connectivity index (χ1n) is 10.1. The van der Waals surface area contributed by atoms with E-state index in [4.69, 9.17) is 4.74 Å².